The molecule has 0 radical (unpaired) electrons. The molecule has 0 N–H and O–H groups in total. The van der Waals surface area contributed by atoms with E-state index in [2.05, 4.69) is 4.98 Å². The van der Waals surface area contributed by atoms with Crippen LogP contribution in [0.1, 0.15) is 38.4 Å². The molecule has 0 atom stereocenters. The number of nitrogens with zero attached hydrogens (tertiary/aromatic N) is 1. The number of hydrogen-bond acceptors (Lipinski definition) is 3. The first-order valence-electron chi connectivity index (χ1n) is 6.57. The zero-order valence-corrected chi connectivity index (χ0v) is 12.6. The molecule has 1 aromatic heterocycles. The third-order valence-corrected chi connectivity index (χ3v) is 3.23. The van der Waals surface area contributed by atoms with Crippen molar-refractivity contribution in [2.45, 2.75) is 27.7 Å². The minimum absolute atomic E-state index is 0.0204. The van der Waals surface area contributed by atoms with Crippen LogP contribution < -0.4 is 4.74 Å². The zero-order chi connectivity index (χ0) is 14.9. The SMILES string of the molecule is COc1cc(C)cc(C)c1C(=O)c1cc(C)nc(C)c1. The number of benzene rings is 1. The minimum atomic E-state index is -0.0204. The molecule has 0 aliphatic carbocycles. The van der Waals surface area contributed by atoms with Crippen molar-refractivity contribution >= 4 is 5.78 Å². The van der Waals surface area contributed by atoms with Gasteiger partial charge in [0, 0.05) is 17.0 Å². The molecule has 0 aliphatic rings. The van der Waals surface area contributed by atoms with E-state index in [4.69, 9.17) is 4.74 Å². The zero-order valence-electron chi connectivity index (χ0n) is 12.6. The fraction of sp³-hybridized carbons (Fsp3) is 0.294. The van der Waals surface area contributed by atoms with E-state index in [1.165, 1.54) is 0 Å². The maximum Gasteiger partial charge on any atom is 0.197 e. The van der Waals surface area contributed by atoms with Crippen LogP contribution in [0.15, 0.2) is 24.3 Å². The van der Waals surface area contributed by atoms with Gasteiger partial charge in [-0.25, -0.2) is 0 Å². The first-order valence-corrected chi connectivity index (χ1v) is 6.57. The average molecular weight is 269 g/mol. The molecule has 1 aromatic carbocycles. The predicted octanol–water partition coefficient (Wildman–Crippen LogP) is 3.55. The fourth-order valence-electron chi connectivity index (χ4n) is 2.49. The summed E-state index contributed by atoms with van der Waals surface area (Å²) in [6, 6.07) is 7.51. The van der Waals surface area contributed by atoms with Gasteiger partial charge >= 0.3 is 0 Å². The molecule has 20 heavy (non-hydrogen) atoms. The molecule has 0 unspecified atom stereocenters. The molecule has 104 valence electrons. The van der Waals surface area contributed by atoms with Crippen LogP contribution in [0.2, 0.25) is 0 Å². The summed E-state index contributed by atoms with van der Waals surface area (Å²) in [6.07, 6.45) is 0. The van der Waals surface area contributed by atoms with E-state index in [0.717, 1.165) is 22.5 Å². The first-order chi connectivity index (χ1) is 9.42. The van der Waals surface area contributed by atoms with Gasteiger partial charge in [0.1, 0.15) is 5.75 Å². The smallest absolute Gasteiger partial charge is 0.197 e. The van der Waals surface area contributed by atoms with Crippen LogP contribution in [0.25, 0.3) is 0 Å². The van der Waals surface area contributed by atoms with Crippen LogP contribution in [0, 0.1) is 27.7 Å². The molecule has 0 saturated heterocycles. The number of aromatic nitrogens is 1. The summed E-state index contributed by atoms with van der Waals surface area (Å²) in [6.45, 7) is 7.71. The molecule has 0 aliphatic heterocycles. The quantitative estimate of drug-likeness (QED) is 0.800. The molecule has 2 rings (SSSR count). The standard InChI is InChI=1S/C17H19NO2/c1-10-6-11(2)16(15(7-10)20-5)17(19)14-8-12(3)18-13(4)9-14/h6-9H,1-5H3. The molecule has 3 nitrogen and oxygen atoms in total. The van der Waals surface area contributed by atoms with Crippen molar-refractivity contribution in [1.82, 2.24) is 4.98 Å². The predicted molar refractivity (Wildman–Crippen MR) is 79.6 cm³/mol. The normalized spacial score (nSPS) is 10.4. The van der Waals surface area contributed by atoms with Crippen LogP contribution in [0.3, 0.4) is 0 Å². The third-order valence-electron chi connectivity index (χ3n) is 3.23. The Labute approximate surface area is 119 Å². The number of rotatable bonds is 3. The van der Waals surface area contributed by atoms with Crippen LogP contribution in [-0.4, -0.2) is 17.9 Å². The summed E-state index contributed by atoms with van der Waals surface area (Å²) in [5.74, 6) is 0.604. The van der Waals surface area contributed by atoms with E-state index in [1.807, 2.05) is 52.0 Å². The van der Waals surface area contributed by atoms with E-state index in [1.54, 1.807) is 7.11 Å². The molecule has 0 fully saturated rings. The van der Waals surface area contributed by atoms with Gasteiger partial charge in [-0.2, -0.15) is 0 Å². The molecular formula is C17H19NO2. The lowest BCUT2D eigenvalue weighted by Gasteiger charge is -2.12. The van der Waals surface area contributed by atoms with Crippen LogP contribution in [-0.2, 0) is 0 Å². The number of ether oxygens (including phenoxy) is 1. The molecule has 1 heterocycles. The van der Waals surface area contributed by atoms with E-state index in [0.29, 0.717) is 16.9 Å². The summed E-state index contributed by atoms with van der Waals surface area (Å²) in [7, 11) is 1.59. The second-order valence-corrected chi connectivity index (χ2v) is 5.13. The second-order valence-electron chi connectivity index (χ2n) is 5.13. The number of carbonyl (C=O) groups is 1. The Balaban J connectivity index is 2.58. The minimum Gasteiger partial charge on any atom is -0.496 e. The van der Waals surface area contributed by atoms with E-state index in [9.17, 15) is 4.79 Å². The molecular weight excluding hydrogens is 250 g/mol. The molecule has 3 heteroatoms. The van der Waals surface area contributed by atoms with Crippen molar-refractivity contribution < 1.29 is 9.53 Å². The molecule has 2 aromatic rings. The van der Waals surface area contributed by atoms with Crippen molar-refractivity contribution in [3.63, 3.8) is 0 Å². The summed E-state index contributed by atoms with van der Waals surface area (Å²) in [5, 5.41) is 0. The molecule has 0 saturated carbocycles. The van der Waals surface area contributed by atoms with E-state index >= 15 is 0 Å². The highest BCUT2D eigenvalue weighted by molar-refractivity contribution is 6.11. The van der Waals surface area contributed by atoms with Crippen molar-refractivity contribution in [2.24, 2.45) is 0 Å². The lowest BCUT2D eigenvalue weighted by Crippen LogP contribution is -2.08. The van der Waals surface area contributed by atoms with E-state index < -0.39 is 0 Å². The number of hydrogen-bond donors (Lipinski definition) is 0. The van der Waals surface area contributed by atoms with Crippen LogP contribution >= 0.6 is 0 Å². The summed E-state index contributed by atoms with van der Waals surface area (Å²) < 4.78 is 5.37. The van der Waals surface area contributed by atoms with E-state index in [-0.39, 0.29) is 5.78 Å². The average Bonchev–Trinajstić information content (AvgIpc) is 2.35. The largest absolute Gasteiger partial charge is 0.496 e. The van der Waals surface area contributed by atoms with Crippen molar-refractivity contribution in [3.8, 4) is 5.75 Å². The number of methoxy groups -OCH3 is 1. The van der Waals surface area contributed by atoms with Gasteiger partial charge in [-0.3, -0.25) is 9.78 Å². The maximum atomic E-state index is 12.8. The lowest BCUT2D eigenvalue weighted by molar-refractivity contribution is 0.103. The Kier molecular flexibility index (Phi) is 3.89. The Morgan fingerprint density at radius 3 is 2.15 bits per heavy atom. The Morgan fingerprint density at radius 1 is 1.00 bits per heavy atom. The van der Waals surface area contributed by atoms with Crippen molar-refractivity contribution in [2.75, 3.05) is 7.11 Å². The molecule has 0 spiro atoms. The second kappa shape index (κ2) is 5.45. The number of aryl methyl sites for hydroxylation is 4. The topological polar surface area (TPSA) is 39.2 Å². The Hall–Kier alpha value is -2.16. The Bertz CT molecular complexity index is 655. The lowest BCUT2D eigenvalue weighted by atomic mass is 9.96. The van der Waals surface area contributed by atoms with Crippen LogP contribution in [0.4, 0.5) is 0 Å². The van der Waals surface area contributed by atoms with Crippen molar-refractivity contribution in [3.05, 3.63) is 57.9 Å². The number of pyridine rings is 1. The first kappa shape index (κ1) is 14.3. The fourth-order valence-corrected chi connectivity index (χ4v) is 2.49. The van der Waals surface area contributed by atoms with Gasteiger partial charge < -0.3 is 4.74 Å². The monoisotopic (exact) mass is 269 g/mol. The van der Waals surface area contributed by atoms with Gasteiger partial charge in [-0.05, 0) is 57.0 Å². The molecule has 0 bridgehead atoms. The summed E-state index contributed by atoms with van der Waals surface area (Å²) >= 11 is 0. The Morgan fingerprint density at radius 2 is 1.60 bits per heavy atom. The summed E-state index contributed by atoms with van der Waals surface area (Å²) in [5.41, 5.74) is 4.98. The van der Waals surface area contributed by atoms with Gasteiger partial charge in [0.15, 0.2) is 5.78 Å². The highest BCUT2D eigenvalue weighted by Crippen LogP contribution is 2.27. The number of carbonyl (C=O) groups excluding carboxylic acids is 1. The third kappa shape index (κ3) is 2.72. The van der Waals surface area contributed by atoms with Gasteiger partial charge in [-0.15, -0.1) is 0 Å². The molecule has 0 amide bonds. The van der Waals surface area contributed by atoms with Gasteiger partial charge in [0.05, 0.1) is 12.7 Å². The maximum absolute atomic E-state index is 12.8. The van der Waals surface area contributed by atoms with Gasteiger partial charge in [-0.1, -0.05) is 6.07 Å². The highest BCUT2D eigenvalue weighted by Gasteiger charge is 2.18. The summed E-state index contributed by atoms with van der Waals surface area (Å²) in [4.78, 5) is 17.1. The number of ketones is 1. The van der Waals surface area contributed by atoms with Crippen LogP contribution in [0.5, 0.6) is 5.75 Å². The highest BCUT2D eigenvalue weighted by atomic mass is 16.5. The van der Waals surface area contributed by atoms with Crippen molar-refractivity contribution in [1.29, 1.82) is 0 Å². The van der Waals surface area contributed by atoms with Gasteiger partial charge in [0.2, 0.25) is 0 Å². The van der Waals surface area contributed by atoms with Gasteiger partial charge in [0.25, 0.3) is 0 Å².